The number of hydrogen-bond donors (Lipinski definition) is 0. The van der Waals surface area contributed by atoms with Gasteiger partial charge in [0.25, 0.3) is 0 Å². The molecule has 2 aromatic heterocycles. The number of aromatic nitrogens is 4. The minimum Gasteiger partial charge on any atom is -0.489 e. The molecule has 0 amide bonds. The van der Waals surface area contributed by atoms with Gasteiger partial charge >= 0.3 is 0 Å². The summed E-state index contributed by atoms with van der Waals surface area (Å²) in [5.41, 5.74) is 4.45. The van der Waals surface area contributed by atoms with Crippen LogP contribution in [0.15, 0.2) is 96.3 Å². The lowest BCUT2D eigenvalue weighted by Crippen LogP contribution is -2.06. The standard InChI is InChI=1S/C28H23FN4O3S/c1-33-17-24(20-10-14-23(15-11-20)36-18-19-6-4-3-5-7-19)27(32-33)26-16-25(21-8-12-22(29)13-9-21)30-28(31-26)37(2,34)35/h3-17H,18H2,1-2H3. The summed E-state index contributed by atoms with van der Waals surface area (Å²) in [6.07, 6.45) is 2.89. The van der Waals surface area contributed by atoms with Crippen LogP contribution in [0.25, 0.3) is 33.8 Å². The Bertz CT molecular complexity index is 1650. The van der Waals surface area contributed by atoms with Crippen molar-refractivity contribution in [3.8, 4) is 39.5 Å². The molecule has 9 heteroatoms. The normalized spacial score (nSPS) is 11.4. The number of sulfone groups is 1. The number of aryl methyl sites for hydroxylation is 1. The molecule has 0 N–H and O–H groups in total. The van der Waals surface area contributed by atoms with Gasteiger partial charge in [-0.3, -0.25) is 4.68 Å². The summed E-state index contributed by atoms with van der Waals surface area (Å²) in [4.78, 5) is 8.55. The number of hydrogen-bond acceptors (Lipinski definition) is 6. The quantitative estimate of drug-likeness (QED) is 0.273. The zero-order chi connectivity index (χ0) is 26.0. The second kappa shape index (κ2) is 9.94. The predicted molar refractivity (Wildman–Crippen MR) is 139 cm³/mol. The van der Waals surface area contributed by atoms with E-state index < -0.39 is 15.7 Å². The van der Waals surface area contributed by atoms with Gasteiger partial charge in [-0.2, -0.15) is 5.10 Å². The first-order chi connectivity index (χ1) is 17.8. The zero-order valence-corrected chi connectivity index (χ0v) is 21.0. The van der Waals surface area contributed by atoms with E-state index in [1.807, 2.05) is 60.8 Å². The molecule has 0 radical (unpaired) electrons. The van der Waals surface area contributed by atoms with Gasteiger partial charge in [0.1, 0.15) is 23.9 Å². The second-order valence-corrected chi connectivity index (χ2v) is 10.5. The first kappa shape index (κ1) is 24.3. The van der Waals surface area contributed by atoms with Crippen LogP contribution in [0.3, 0.4) is 0 Å². The fraction of sp³-hybridized carbons (Fsp3) is 0.107. The number of nitrogens with zero attached hydrogens (tertiary/aromatic N) is 4. The van der Waals surface area contributed by atoms with Crippen LogP contribution in [0.1, 0.15) is 5.56 Å². The van der Waals surface area contributed by atoms with Crippen LogP contribution >= 0.6 is 0 Å². The molecule has 0 saturated carbocycles. The van der Waals surface area contributed by atoms with Crippen LogP contribution < -0.4 is 4.74 Å². The third-order valence-electron chi connectivity index (χ3n) is 5.66. The molecule has 37 heavy (non-hydrogen) atoms. The molecule has 7 nitrogen and oxygen atoms in total. The molecular formula is C28H23FN4O3S. The number of benzene rings is 3. The molecule has 0 aliphatic rings. The van der Waals surface area contributed by atoms with Gasteiger partial charge in [-0.05, 0) is 53.6 Å². The minimum absolute atomic E-state index is 0.328. The Morgan fingerprint density at radius 1 is 0.865 bits per heavy atom. The van der Waals surface area contributed by atoms with Gasteiger partial charge in [0.2, 0.25) is 15.0 Å². The molecule has 2 heterocycles. The first-order valence-electron chi connectivity index (χ1n) is 11.4. The molecule has 186 valence electrons. The van der Waals surface area contributed by atoms with Gasteiger partial charge in [-0.15, -0.1) is 0 Å². The van der Waals surface area contributed by atoms with Crippen LogP contribution in [0.4, 0.5) is 4.39 Å². The molecule has 0 aliphatic carbocycles. The van der Waals surface area contributed by atoms with Gasteiger partial charge in [-0.1, -0.05) is 42.5 Å². The number of rotatable bonds is 7. The van der Waals surface area contributed by atoms with Crippen molar-refractivity contribution in [1.82, 2.24) is 19.7 Å². The van der Waals surface area contributed by atoms with Gasteiger partial charge in [0.15, 0.2) is 0 Å². The van der Waals surface area contributed by atoms with Crippen molar-refractivity contribution in [3.05, 3.63) is 103 Å². The summed E-state index contributed by atoms with van der Waals surface area (Å²) >= 11 is 0. The Hall–Kier alpha value is -4.37. The first-order valence-corrected chi connectivity index (χ1v) is 13.3. The summed E-state index contributed by atoms with van der Waals surface area (Å²) < 4.78 is 45.8. The fourth-order valence-corrected chi connectivity index (χ4v) is 4.37. The van der Waals surface area contributed by atoms with Crippen LogP contribution in [-0.2, 0) is 23.5 Å². The summed E-state index contributed by atoms with van der Waals surface area (Å²) in [7, 11) is -1.94. The Morgan fingerprint density at radius 2 is 1.51 bits per heavy atom. The van der Waals surface area contributed by atoms with Crippen molar-refractivity contribution in [2.24, 2.45) is 7.05 Å². The van der Waals surface area contributed by atoms with E-state index in [0.29, 0.717) is 29.3 Å². The van der Waals surface area contributed by atoms with E-state index in [4.69, 9.17) is 4.74 Å². The Balaban J connectivity index is 1.52. The van der Waals surface area contributed by atoms with E-state index in [1.165, 1.54) is 12.1 Å². The molecular weight excluding hydrogens is 491 g/mol. The van der Waals surface area contributed by atoms with Crippen molar-refractivity contribution in [2.45, 2.75) is 11.8 Å². The second-order valence-electron chi connectivity index (χ2n) is 8.56. The molecule has 0 aliphatic heterocycles. The molecule has 0 fully saturated rings. The fourth-order valence-electron chi connectivity index (χ4n) is 3.84. The summed E-state index contributed by atoms with van der Waals surface area (Å²) in [5, 5.41) is 4.24. The van der Waals surface area contributed by atoms with E-state index >= 15 is 0 Å². The minimum atomic E-state index is -3.72. The topological polar surface area (TPSA) is 87.0 Å². The predicted octanol–water partition coefficient (Wildman–Crippen LogP) is 5.33. The summed E-state index contributed by atoms with van der Waals surface area (Å²) in [6, 6.07) is 24.8. The molecule has 0 saturated heterocycles. The maximum atomic E-state index is 13.5. The van der Waals surface area contributed by atoms with E-state index in [9.17, 15) is 12.8 Å². The molecule has 0 bridgehead atoms. The monoisotopic (exact) mass is 514 g/mol. The maximum Gasteiger partial charge on any atom is 0.247 e. The molecule has 0 atom stereocenters. The van der Waals surface area contributed by atoms with Crippen LogP contribution in [-0.4, -0.2) is 34.4 Å². The summed E-state index contributed by atoms with van der Waals surface area (Å²) in [6.45, 7) is 0.458. The lowest BCUT2D eigenvalue weighted by molar-refractivity contribution is 0.306. The Morgan fingerprint density at radius 3 is 2.19 bits per heavy atom. The average Bonchev–Trinajstić information content (AvgIpc) is 3.30. The van der Waals surface area contributed by atoms with Gasteiger partial charge in [0, 0.05) is 30.6 Å². The van der Waals surface area contributed by atoms with Gasteiger partial charge in [-0.25, -0.2) is 22.8 Å². The highest BCUT2D eigenvalue weighted by atomic mass is 32.2. The SMILES string of the molecule is Cn1cc(-c2ccc(OCc3ccccc3)cc2)c(-c2cc(-c3ccc(F)cc3)nc(S(C)(=O)=O)n2)n1. The van der Waals surface area contributed by atoms with E-state index in [0.717, 1.165) is 28.7 Å². The smallest absolute Gasteiger partial charge is 0.247 e. The van der Waals surface area contributed by atoms with Crippen LogP contribution in [0.5, 0.6) is 5.75 Å². The lowest BCUT2D eigenvalue weighted by atomic mass is 10.0. The Kier molecular flexibility index (Phi) is 6.54. The third kappa shape index (κ3) is 5.57. The van der Waals surface area contributed by atoms with Crippen molar-refractivity contribution in [2.75, 3.05) is 6.26 Å². The molecule has 5 rings (SSSR count). The highest BCUT2D eigenvalue weighted by Crippen LogP contribution is 2.33. The number of ether oxygens (including phenoxy) is 1. The van der Waals surface area contributed by atoms with Crippen molar-refractivity contribution in [3.63, 3.8) is 0 Å². The van der Waals surface area contributed by atoms with Crippen molar-refractivity contribution in [1.29, 1.82) is 0 Å². The van der Waals surface area contributed by atoms with E-state index in [-0.39, 0.29) is 5.16 Å². The number of halogens is 1. The van der Waals surface area contributed by atoms with E-state index in [2.05, 4.69) is 15.1 Å². The summed E-state index contributed by atoms with van der Waals surface area (Å²) in [5.74, 6) is 0.322. The van der Waals surface area contributed by atoms with Crippen molar-refractivity contribution >= 4 is 9.84 Å². The Labute approximate surface area is 214 Å². The van der Waals surface area contributed by atoms with Crippen molar-refractivity contribution < 1.29 is 17.5 Å². The molecule has 3 aromatic carbocycles. The third-order valence-corrected chi connectivity index (χ3v) is 6.51. The zero-order valence-electron chi connectivity index (χ0n) is 20.2. The van der Waals surface area contributed by atoms with E-state index in [1.54, 1.807) is 29.9 Å². The molecule has 5 aromatic rings. The van der Waals surface area contributed by atoms with Gasteiger partial charge in [0.05, 0.1) is 11.4 Å². The highest BCUT2D eigenvalue weighted by Gasteiger charge is 2.20. The lowest BCUT2D eigenvalue weighted by Gasteiger charge is -2.09. The average molecular weight is 515 g/mol. The highest BCUT2D eigenvalue weighted by molar-refractivity contribution is 7.90. The van der Waals surface area contributed by atoms with Gasteiger partial charge < -0.3 is 4.74 Å². The molecule has 0 spiro atoms. The van der Waals surface area contributed by atoms with Crippen LogP contribution in [0, 0.1) is 5.82 Å². The largest absolute Gasteiger partial charge is 0.489 e. The maximum absolute atomic E-state index is 13.5. The molecule has 0 unspecified atom stereocenters. The van der Waals surface area contributed by atoms with Crippen LogP contribution in [0.2, 0.25) is 0 Å².